The molecule has 2 amide bonds. The highest BCUT2D eigenvalue weighted by molar-refractivity contribution is 5.85. The van der Waals surface area contributed by atoms with Gasteiger partial charge in [-0.1, -0.05) is 13.8 Å². The fourth-order valence-electron chi connectivity index (χ4n) is 1.72. The Morgan fingerprint density at radius 1 is 1.56 bits per heavy atom. The first-order valence-corrected chi connectivity index (χ1v) is 5.72. The van der Waals surface area contributed by atoms with Crippen LogP contribution >= 0.6 is 0 Å². The molecule has 16 heavy (non-hydrogen) atoms. The second-order valence-electron chi connectivity index (χ2n) is 4.52. The van der Waals surface area contributed by atoms with Gasteiger partial charge >= 0.3 is 0 Å². The van der Waals surface area contributed by atoms with Crippen molar-refractivity contribution in [2.75, 3.05) is 19.7 Å². The van der Waals surface area contributed by atoms with Crippen LogP contribution in [0.4, 0.5) is 0 Å². The SMILES string of the molecule is CC(C)C(CO)NC(=O)CN1CCCC1=O. The summed E-state index contributed by atoms with van der Waals surface area (Å²) in [6.07, 6.45) is 1.38. The molecule has 2 N–H and O–H groups in total. The Morgan fingerprint density at radius 2 is 2.25 bits per heavy atom. The van der Waals surface area contributed by atoms with Gasteiger partial charge in [-0.05, 0) is 12.3 Å². The van der Waals surface area contributed by atoms with Crippen LogP contribution in [0.15, 0.2) is 0 Å². The van der Waals surface area contributed by atoms with Crippen LogP contribution in [0.5, 0.6) is 0 Å². The average molecular weight is 228 g/mol. The van der Waals surface area contributed by atoms with Crippen molar-refractivity contribution in [3.63, 3.8) is 0 Å². The van der Waals surface area contributed by atoms with Gasteiger partial charge in [-0.25, -0.2) is 0 Å². The Bertz CT molecular complexity index is 266. The molecule has 0 aliphatic carbocycles. The largest absolute Gasteiger partial charge is 0.394 e. The van der Waals surface area contributed by atoms with Gasteiger partial charge in [0.15, 0.2) is 0 Å². The average Bonchev–Trinajstić information content (AvgIpc) is 2.60. The number of nitrogens with one attached hydrogen (secondary N) is 1. The van der Waals surface area contributed by atoms with Gasteiger partial charge in [-0.2, -0.15) is 0 Å². The van der Waals surface area contributed by atoms with E-state index in [-0.39, 0.29) is 36.9 Å². The normalized spacial score (nSPS) is 18.0. The molecule has 0 bridgehead atoms. The number of amides is 2. The molecule has 1 aliphatic heterocycles. The Morgan fingerprint density at radius 3 is 2.69 bits per heavy atom. The van der Waals surface area contributed by atoms with Gasteiger partial charge in [0.2, 0.25) is 11.8 Å². The van der Waals surface area contributed by atoms with E-state index in [0.29, 0.717) is 13.0 Å². The number of likely N-dealkylation sites (tertiary alicyclic amines) is 1. The lowest BCUT2D eigenvalue weighted by molar-refractivity contribution is -0.133. The van der Waals surface area contributed by atoms with E-state index in [1.54, 1.807) is 4.90 Å². The van der Waals surface area contributed by atoms with Crippen LogP contribution in [0.25, 0.3) is 0 Å². The molecular weight excluding hydrogens is 208 g/mol. The van der Waals surface area contributed by atoms with Gasteiger partial charge in [-0.3, -0.25) is 9.59 Å². The molecule has 0 aromatic carbocycles. The Kier molecular flexibility index (Phi) is 4.73. The summed E-state index contributed by atoms with van der Waals surface area (Å²) in [5, 5.41) is 11.8. The molecule has 5 nitrogen and oxygen atoms in total. The minimum absolute atomic E-state index is 0.0419. The molecule has 1 heterocycles. The summed E-state index contributed by atoms with van der Waals surface area (Å²) in [6, 6.07) is -0.231. The molecule has 0 aromatic rings. The highest BCUT2D eigenvalue weighted by Gasteiger charge is 2.23. The summed E-state index contributed by atoms with van der Waals surface area (Å²) in [7, 11) is 0. The Labute approximate surface area is 95.8 Å². The number of rotatable bonds is 5. The molecule has 1 saturated heterocycles. The minimum Gasteiger partial charge on any atom is -0.394 e. The van der Waals surface area contributed by atoms with Crippen LogP contribution in [-0.4, -0.2) is 47.6 Å². The smallest absolute Gasteiger partial charge is 0.239 e. The van der Waals surface area contributed by atoms with E-state index >= 15 is 0 Å². The first-order chi connectivity index (χ1) is 7.54. The second kappa shape index (κ2) is 5.84. The quantitative estimate of drug-likeness (QED) is 0.681. The van der Waals surface area contributed by atoms with Crippen molar-refractivity contribution in [3.05, 3.63) is 0 Å². The molecule has 1 aliphatic rings. The maximum absolute atomic E-state index is 11.6. The van der Waals surface area contributed by atoms with Crippen LogP contribution in [0.1, 0.15) is 26.7 Å². The molecular formula is C11H20N2O3. The lowest BCUT2D eigenvalue weighted by Crippen LogP contribution is -2.46. The fraction of sp³-hybridized carbons (Fsp3) is 0.818. The molecule has 0 spiro atoms. The highest BCUT2D eigenvalue weighted by Crippen LogP contribution is 2.08. The first kappa shape index (κ1) is 13.0. The highest BCUT2D eigenvalue weighted by atomic mass is 16.3. The lowest BCUT2D eigenvalue weighted by atomic mass is 10.1. The zero-order valence-corrected chi connectivity index (χ0v) is 9.90. The van der Waals surface area contributed by atoms with Crippen LogP contribution in [0.2, 0.25) is 0 Å². The van der Waals surface area contributed by atoms with E-state index in [9.17, 15) is 9.59 Å². The van der Waals surface area contributed by atoms with E-state index in [1.165, 1.54) is 0 Å². The van der Waals surface area contributed by atoms with E-state index in [2.05, 4.69) is 5.32 Å². The van der Waals surface area contributed by atoms with Crippen LogP contribution < -0.4 is 5.32 Å². The third-order valence-corrected chi connectivity index (χ3v) is 2.85. The van der Waals surface area contributed by atoms with Crippen LogP contribution in [-0.2, 0) is 9.59 Å². The third-order valence-electron chi connectivity index (χ3n) is 2.85. The van der Waals surface area contributed by atoms with Crippen molar-refractivity contribution in [3.8, 4) is 0 Å². The zero-order valence-electron chi connectivity index (χ0n) is 9.90. The van der Waals surface area contributed by atoms with E-state index < -0.39 is 0 Å². The van der Waals surface area contributed by atoms with E-state index in [1.807, 2.05) is 13.8 Å². The summed E-state index contributed by atoms with van der Waals surface area (Å²) < 4.78 is 0. The van der Waals surface area contributed by atoms with Gasteiger partial charge in [0.05, 0.1) is 19.2 Å². The predicted octanol–water partition coefficient (Wildman–Crippen LogP) is -0.258. The molecule has 92 valence electrons. The Balaban J connectivity index is 2.37. The van der Waals surface area contributed by atoms with E-state index in [4.69, 9.17) is 5.11 Å². The van der Waals surface area contributed by atoms with Gasteiger partial charge in [0.25, 0.3) is 0 Å². The molecule has 1 fully saturated rings. The molecule has 0 radical (unpaired) electrons. The second-order valence-corrected chi connectivity index (χ2v) is 4.52. The number of carbonyl (C=O) groups is 2. The topological polar surface area (TPSA) is 69.6 Å². The van der Waals surface area contributed by atoms with Crippen molar-refractivity contribution < 1.29 is 14.7 Å². The first-order valence-electron chi connectivity index (χ1n) is 5.72. The standard InChI is InChI=1S/C11H20N2O3/c1-8(2)9(7-14)12-10(15)6-13-5-3-4-11(13)16/h8-9,14H,3-7H2,1-2H3,(H,12,15). The van der Waals surface area contributed by atoms with Crippen molar-refractivity contribution in [2.24, 2.45) is 5.92 Å². The molecule has 5 heteroatoms. The number of carbonyl (C=O) groups excluding carboxylic acids is 2. The van der Waals surface area contributed by atoms with Gasteiger partial charge < -0.3 is 15.3 Å². The number of aliphatic hydroxyl groups excluding tert-OH is 1. The monoisotopic (exact) mass is 228 g/mol. The van der Waals surface area contributed by atoms with Crippen molar-refractivity contribution in [1.82, 2.24) is 10.2 Å². The summed E-state index contributed by atoms with van der Waals surface area (Å²) in [5.41, 5.74) is 0. The Hall–Kier alpha value is -1.10. The molecule has 1 atom stereocenters. The van der Waals surface area contributed by atoms with Gasteiger partial charge in [-0.15, -0.1) is 0 Å². The molecule has 0 saturated carbocycles. The zero-order chi connectivity index (χ0) is 12.1. The van der Waals surface area contributed by atoms with Crippen molar-refractivity contribution in [1.29, 1.82) is 0 Å². The van der Waals surface area contributed by atoms with Gasteiger partial charge in [0, 0.05) is 13.0 Å². The number of aliphatic hydroxyl groups is 1. The molecule has 0 aromatic heterocycles. The van der Waals surface area contributed by atoms with Crippen molar-refractivity contribution in [2.45, 2.75) is 32.7 Å². The minimum atomic E-state index is -0.231. The summed E-state index contributed by atoms with van der Waals surface area (Å²) in [6.45, 7) is 4.57. The fourth-order valence-corrected chi connectivity index (χ4v) is 1.72. The number of hydrogen-bond acceptors (Lipinski definition) is 3. The predicted molar refractivity (Wildman–Crippen MR) is 59.7 cm³/mol. The number of hydrogen-bond donors (Lipinski definition) is 2. The maximum atomic E-state index is 11.6. The summed E-state index contributed by atoms with van der Waals surface area (Å²) in [4.78, 5) is 24.5. The van der Waals surface area contributed by atoms with Crippen LogP contribution in [0, 0.1) is 5.92 Å². The summed E-state index contributed by atoms with van der Waals surface area (Å²) in [5.74, 6) is 0.0338. The lowest BCUT2D eigenvalue weighted by Gasteiger charge is -2.22. The van der Waals surface area contributed by atoms with Crippen LogP contribution in [0.3, 0.4) is 0 Å². The molecule has 1 rings (SSSR count). The number of nitrogens with zero attached hydrogens (tertiary/aromatic N) is 1. The summed E-state index contributed by atoms with van der Waals surface area (Å²) >= 11 is 0. The maximum Gasteiger partial charge on any atom is 0.239 e. The van der Waals surface area contributed by atoms with Gasteiger partial charge in [0.1, 0.15) is 0 Å². The van der Waals surface area contributed by atoms with Crippen molar-refractivity contribution >= 4 is 11.8 Å². The molecule has 1 unspecified atom stereocenters. The third kappa shape index (κ3) is 3.48. The van der Waals surface area contributed by atoms with E-state index in [0.717, 1.165) is 6.42 Å².